The van der Waals surface area contributed by atoms with Gasteiger partial charge in [0.2, 0.25) is 5.91 Å². The van der Waals surface area contributed by atoms with Crippen LogP contribution in [0.15, 0.2) is 66.7 Å². The molecule has 0 unspecified atom stereocenters. The molecule has 0 spiro atoms. The highest BCUT2D eigenvalue weighted by molar-refractivity contribution is 6.00. The molecular formula is C31H32N2O6. The summed E-state index contributed by atoms with van der Waals surface area (Å²) in [5, 5.41) is 2.60. The summed E-state index contributed by atoms with van der Waals surface area (Å²) in [7, 11) is 0. The molecule has 4 rings (SSSR count). The van der Waals surface area contributed by atoms with Gasteiger partial charge in [-0.25, -0.2) is 0 Å². The number of hydrogen-bond acceptors (Lipinski definition) is 6. The first-order chi connectivity index (χ1) is 18.6. The lowest BCUT2D eigenvalue weighted by molar-refractivity contribution is -0.151. The van der Waals surface area contributed by atoms with Gasteiger partial charge in [0.25, 0.3) is 5.91 Å². The number of carbonyl (C=O) groups is 4. The number of amides is 2. The highest BCUT2D eigenvalue weighted by atomic mass is 16.5. The van der Waals surface area contributed by atoms with Crippen LogP contribution < -0.4 is 15.0 Å². The summed E-state index contributed by atoms with van der Waals surface area (Å²) in [6, 6.07) is 19.8. The number of ether oxygens (including phenoxy) is 2. The molecule has 1 atom stereocenters. The average molecular weight is 529 g/mol. The minimum Gasteiger partial charge on any atom is -0.457 e. The quantitative estimate of drug-likeness (QED) is 0.285. The number of rotatable bonds is 9. The lowest BCUT2D eigenvalue weighted by Gasteiger charge is -2.18. The van der Waals surface area contributed by atoms with E-state index in [1.807, 2.05) is 13.0 Å². The van der Waals surface area contributed by atoms with Crippen molar-refractivity contribution in [2.45, 2.75) is 40.0 Å². The highest BCUT2D eigenvalue weighted by Crippen LogP contribution is 2.33. The van der Waals surface area contributed by atoms with E-state index >= 15 is 0 Å². The summed E-state index contributed by atoms with van der Waals surface area (Å²) in [5.41, 5.74) is 3.76. The van der Waals surface area contributed by atoms with Crippen molar-refractivity contribution < 1.29 is 28.7 Å². The summed E-state index contributed by atoms with van der Waals surface area (Å²) < 4.78 is 11.3. The van der Waals surface area contributed by atoms with Crippen molar-refractivity contribution in [3.63, 3.8) is 0 Å². The minimum absolute atomic E-state index is 0.000398. The number of esters is 1. The maximum absolute atomic E-state index is 12.7. The maximum atomic E-state index is 12.7. The van der Waals surface area contributed by atoms with Crippen molar-refractivity contribution >= 4 is 34.9 Å². The molecule has 1 aliphatic heterocycles. The standard InChI is InChI=1S/C31H32N2O6/c1-19(2)27-13-8-20(3)14-28(27)39-26-11-9-25(10-12-26)33-17-23(16-30(33)36)31(37)38-18-29(35)32-24-7-5-6-22(15-24)21(4)34/h5-15,19,23H,16-18H2,1-4H3,(H,32,35)/t23-/m1/s1. The maximum Gasteiger partial charge on any atom is 0.311 e. The fourth-order valence-electron chi connectivity index (χ4n) is 4.41. The zero-order chi connectivity index (χ0) is 28.1. The summed E-state index contributed by atoms with van der Waals surface area (Å²) in [6.07, 6.45) is 0.000398. The van der Waals surface area contributed by atoms with E-state index in [0.717, 1.165) is 16.9 Å². The number of hydrogen-bond donors (Lipinski definition) is 1. The lowest BCUT2D eigenvalue weighted by Crippen LogP contribution is -2.28. The van der Waals surface area contributed by atoms with Crippen LogP contribution in [0.4, 0.5) is 11.4 Å². The van der Waals surface area contributed by atoms with Crippen molar-refractivity contribution in [2.24, 2.45) is 5.92 Å². The van der Waals surface area contributed by atoms with Crippen LogP contribution in [0.5, 0.6) is 11.5 Å². The minimum atomic E-state index is -0.678. The first-order valence-electron chi connectivity index (χ1n) is 12.9. The molecule has 2 amide bonds. The molecule has 202 valence electrons. The topological polar surface area (TPSA) is 102 Å². The Labute approximate surface area is 227 Å². The van der Waals surface area contributed by atoms with Gasteiger partial charge in [0.15, 0.2) is 12.4 Å². The number of anilines is 2. The summed E-state index contributed by atoms with van der Waals surface area (Å²) in [5.74, 6) is -0.388. The second kappa shape index (κ2) is 11.9. The van der Waals surface area contributed by atoms with Gasteiger partial charge in [-0.15, -0.1) is 0 Å². The number of ketones is 1. The van der Waals surface area contributed by atoms with E-state index in [9.17, 15) is 19.2 Å². The molecule has 1 aliphatic rings. The molecule has 8 heteroatoms. The number of carbonyl (C=O) groups excluding carboxylic acids is 4. The van der Waals surface area contributed by atoms with Crippen LogP contribution in [0.25, 0.3) is 0 Å². The smallest absolute Gasteiger partial charge is 0.311 e. The van der Waals surface area contributed by atoms with Crippen molar-refractivity contribution in [3.8, 4) is 11.5 Å². The molecule has 1 saturated heterocycles. The molecule has 0 aromatic heterocycles. The largest absolute Gasteiger partial charge is 0.457 e. The Morgan fingerprint density at radius 3 is 2.46 bits per heavy atom. The second-order valence-corrected chi connectivity index (χ2v) is 9.99. The third-order valence-electron chi connectivity index (χ3n) is 6.52. The fraction of sp³-hybridized carbons (Fsp3) is 0.290. The van der Waals surface area contributed by atoms with Gasteiger partial charge in [-0.3, -0.25) is 19.2 Å². The Balaban J connectivity index is 1.32. The van der Waals surface area contributed by atoms with E-state index in [1.165, 1.54) is 11.8 Å². The Morgan fingerprint density at radius 1 is 1.03 bits per heavy atom. The normalized spacial score (nSPS) is 14.8. The van der Waals surface area contributed by atoms with Gasteiger partial charge in [0.05, 0.1) is 5.92 Å². The summed E-state index contributed by atoms with van der Waals surface area (Å²) in [6.45, 7) is 7.35. The van der Waals surface area contributed by atoms with Gasteiger partial charge >= 0.3 is 5.97 Å². The van der Waals surface area contributed by atoms with Crippen molar-refractivity contribution in [2.75, 3.05) is 23.4 Å². The molecule has 3 aromatic carbocycles. The molecule has 1 N–H and O–H groups in total. The predicted octanol–water partition coefficient (Wildman–Crippen LogP) is 5.65. The molecule has 8 nitrogen and oxygen atoms in total. The first-order valence-corrected chi connectivity index (χ1v) is 12.9. The van der Waals surface area contributed by atoms with E-state index in [-0.39, 0.29) is 24.7 Å². The number of benzene rings is 3. The molecule has 39 heavy (non-hydrogen) atoms. The number of aryl methyl sites for hydroxylation is 1. The van der Waals surface area contributed by atoms with Crippen LogP contribution in [0, 0.1) is 12.8 Å². The van der Waals surface area contributed by atoms with Crippen LogP contribution >= 0.6 is 0 Å². The SMILES string of the molecule is CC(=O)c1cccc(NC(=O)COC(=O)[C@@H]2CC(=O)N(c3ccc(Oc4cc(C)ccc4C(C)C)cc3)C2)c1. The Bertz CT molecular complexity index is 1400. The van der Waals surface area contributed by atoms with Crippen LogP contribution in [0.1, 0.15) is 54.6 Å². The molecule has 0 bridgehead atoms. The average Bonchev–Trinajstić information content (AvgIpc) is 3.29. The third kappa shape index (κ3) is 6.90. The van der Waals surface area contributed by atoms with Crippen LogP contribution in [0.3, 0.4) is 0 Å². The molecule has 3 aromatic rings. The Morgan fingerprint density at radius 2 is 1.77 bits per heavy atom. The van der Waals surface area contributed by atoms with E-state index in [0.29, 0.717) is 28.6 Å². The van der Waals surface area contributed by atoms with Crippen molar-refractivity contribution in [3.05, 3.63) is 83.4 Å². The molecule has 0 aliphatic carbocycles. The summed E-state index contributed by atoms with van der Waals surface area (Å²) in [4.78, 5) is 50.6. The zero-order valence-electron chi connectivity index (χ0n) is 22.5. The van der Waals surface area contributed by atoms with Gasteiger partial charge in [-0.2, -0.15) is 0 Å². The van der Waals surface area contributed by atoms with E-state index in [2.05, 4.69) is 31.3 Å². The Hall–Kier alpha value is -4.46. The Kier molecular flexibility index (Phi) is 8.44. The zero-order valence-corrected chi connectivity index (χ0v) is 22.5. The lowest BCUT2D eigenvalue weighted by atomic mass is 10.0. The first kappa shape index (κ1) is 27.6. The predicted molar refractivity (Wildman–Crippen MR) is 148 cm³/mol. The van der Waals surface area contributed by atoms with Gasteiger partial charge < -0.3 is 19.7 Å². The van der Waals surface area contributed by atoms with Gasteiger partial charge in [0, 0.05) is 29.9 Å². The van der Waals surface area contributed by atoms with Gasteiger partial charge in [-0.05, 0) is 73.4 Å². The van der Waals surface area contributed by atoms with Crippen LogP contribution in [0.2, 0.25) is 0 Å². The highest BCUT2D eigenvalue weighted by Gasteiger charge is 2.36. The second-order valence-electron chi connectivity index (χ2n) is 9.99. The molecule has 1 heterocycles. The molecule has 0 radical (unpaired) electrons. The number of nitrogens with one attached hydrogen (secondary N) is 1. The van der Waals surface area contributed by atoms with E-state index in [4.69, 9.17) is 9.47 Å². The van der Waals surface area contributed by atoms with Gasteiger partial charge in [-0.1, -0.05) is 38.1 Å². The fourth-order valence-corrected chi connectivity index (χ4v) is 4.41. The molecule has 1 fully saturated rings. The van der Waals surface area contributed by atoms with Crippen LogP contribution in [-0.2, 0) is 19.1 Å². The molecule has 0 saturated carbocycles. The van der Waals surface area contributed by atoms with Crippen LogP contribution in [-0.4, -0.2) is 36.7 Å². The molecular weight excluding hydrogens is 496 g/mol. The van der Waals surface area contributed by atoms with E-state index in [1.54, 1.807) is 48.5 Å². The number of Topliss-reactive ketones (excluding diaryl/α,β-unsaturated/α-hetero) is 1. The number of nitrogens with zero attached hydrogens (tertiary/aromatic N) is 1. The summed E-state index contributed by atoms with van der Waals surface area (Å²) >= 11 is 0. The van der Waals surface area contributed by atoms with E-state index < -0.39 is 24.4 Å². The monoisotopic (exact) mass is 528 g/mol. The van der Waals surface area contributed by atoms with Gasteiger partial charge in [0.1, 0.15) is 11.5 Å². The van der Waals surface area contributed by atoms with Crippen molar-refractivity contribution in [1.29, 1.82) is 0 Å². The van der Waals surface area contributed by atoms with Crippen molar-refractivity contribution in [1.82, 2.24) is 0 Å². The third-order valence-corrected chi connectivity index (χ3v) is 6.52.